The van der Waals surface area contributed by atoms with Gasteiger partial charge in [-0.1, -0.05) is 110 Å². The van der Waals surface area contributed by atoms with Crippen molar-refractivity contribution in [3.8, 4) is 5.75 Å². The molecule has 0 aliphatic heterocycles. The SMILES string of the molecule is CCCCP(=O)(CCCC)CCCC.CCCCP(=O)(CCCC)CCCC.CCn1c(=O)c(C(=O)C(F)(F)F)c(O)c2ccc3ccccc3c21.[Eu]. The van der Waals surface area contributed by atoms with E-state index in [2.05, 4.69) is 41.5 Å². The van der Waals surface area contributed by atoms with Gasteiger partial charge in [0, 0.05) is 104 Å². The van der Waals surface area contributed by atoms with Crippen molar-refractivity contribution >= 4 is 41.7 Å². The summed E-state index contributed by atoms with van der Waals surface area (Å²) in [5, 5.41) is 11.6. The summed E-state index contributed by atoms with van der Waals surface area (Å²) in [5.41, 5.74) is -2.09. The maximum atomic E-state index is 12.8. The molecule has 1 radical (unpaired) electrons. The van der Waals surface area contributed by atoms with Gasteiger partial charge >= 0.3 is 6.18 Å². The van der Waals surface area contributed by atoms with Crippen molar-refractivity contribution in [1.82, 2.24) is 4.57 Å². The smallest absolute Gasteiger partial charge is 0.455 e. The first kappa shape index (κ1) is 52.2. The van der Waals surface area contributed by atoms with Gasteiger partial charge in [0.25, 0.3) is 11.3 Å². The molecular formula is C41H66EuF3NO5P2. The summed E-state index contributed by atoms with van der Waals surface area (Å²) in [4.78, 5) is 24.0. The second-order valence-corrected chi connectivity index (χ2v) is 20.8. The molecule has 3 aromatic rings. The number of carbonyl (C=O) groups excluding carboxylic acids is 1. The van der Waals surface area contributed by atoms with Crippen LogP contribution in [0.2, 0.25) is 0 Å². The predicted molar refractivity (Wildman–Crippen MR) is 217 cm³/mol. The van der Waals surface area contributed by atoms with E-state index in [0.717, 1.165) is 85.4 Å². The van der Waals surface area contributed by atoms with E-state index in [1.165, 1.54) is 44.6 Å². The largest absolute Gasteiger partial charge is 0.506 e. The monoisotopic (exact) mass is 924 g/mol. The molecule has 0 atom stereocenters. The molecule has 1 heterocycles. The van der Waals surface area contributed by atoms with Crippen LogP contribution in [0.3, 0.4) is 0 Å². The molecule has 53 heavy (non-hydrogen) atoms. The molecule has 12 heteroatoms. The van der Waals surface area contributed by atoms with Gasteiger partial charge in [-0.05, 0) is 56.9 Å². The number of aromatic nitrogens is 1. The fraction of sp³-hybridized carbons (Fsp3) is 0.659. The maximum absolute atomic E-state index is 12.8. The second-order valence-electron chi connectivity index (χ2n) is 13.9. The Morgan fingerprint density at radius 1 is 0.642 bits per heavy atom. The van der Waals surface area contributed by atoms with Gasteiger partial charge in [-0.2, -0.15) is 13.2 Å². The number of rotatable bonds is 20. The van der Waals surface area contributed by atoms with Crippen LogP contribution in [-0.2, 0) is 15.7 Å². The van der Waals surface area contributed by atoms with Gasteiger partial charge in [0.2, 0.25) is 0 Å². The van der Waals surface area contributed by atoms with Gasteiger partial charge in [-0.15, -0.1) is 0 Å². The topological polar surface area (TPSA) is 93.4 Å². The summed E-state index contributed by atoms with van der Waals surface area (Å²) in [7, 11) is -3.54. The number of aryl methyl sites for hydroxylation is 1. The number of carbonyl (C=O) groups is 1. The Labute approximate surface area is 358 Å². The summed E-state index contributed by atoms with van der Waals surface area (Å²) < 4.78 is 64.4. The van der Waals surface area contributed by atoms with Crippen LogP contribution < -0.4 is 5.56 Å². The molecule has 0 aliphatic carbocycles. The van der Waals surface area contributed by atoms with E-state index in [4.69, 9.17) is 0 Å². The van der Waals surface area contributed by atoms with Gasteiger partial charge in [0.1, 0.15) is 11.3 Å². The van der Waals surface area contributed by atoms with Crippen LogP contribution in [0.4, 0.5) is 13.2 Å². The van der Waals surface area contributed by atoms with Crippen molar-refractivity contribution < 1.29 is 81.6 Å². The van der Waals surface area contributed by atoms with Crippen molar-refractivity contribution in [1.29, 1.82) is 0 Å². The first-order valence-corrected chi connectivity index (χ1v) is 24.2. The summed E-state index contributed by atoms with van der Waals surface area (Å²) in [6.45, 7) is 14.7. The Balaban J connectivity index is 0.000000813. The first-order valence-electron chi connectivity index (χ1n) is 19.7. The molecule has 0 saturated carbocycles. The zero-order valence-electron chi connectivity index (χ0n) is 33.3. The van der Waals surface area contributed by atoms with E-state index >= 15 is 0 Å². The predicted octanol–water partition coefficient (Wildman–Crippen LogP) is 13.1. The number of nitrogens with zero attached hydrogens (tertiary/aromatic N) is 1. The average Bonchev–Trinajstić information content (AvgIpc) is 3.13. The molecule has 1 N–H and O–H groups in total. The molecule has 0 aliphatic rings. The molecule has 1 aromatic heterocycles. The molecule has 0 fully saturated rings. The maximum Gasteiger partial charge on any atom is 0.455 e. The summed E-state index contributed by atoms with van der Waals surface area (Å²) >= 11 is 0. The number of Topliss-reactive ketones (excluding diaryl/α,β-unsaturated/α-hetero) is 1. The fourth-order valence-electron chi connectivity index (χ4n) is 6.21. The van der Waals surface area contributed by atoms with Crippen LogP contribution in [0, 0.1) is 49.4 Å². The number of fused-ring (bicyclic) bond motifs is 3. The number of hydrogen-bond acceptors (Lipinski definition) is 5. The minimum absolute atomic E-state index is 0. The van der Waals surface area contributed by atoms with Crippen molar-refractivity contribution in [3.63, 3.8) is 0 Å². The quantitative estimate of drug-likeness (QED) is 0.0692. The third-order valence-corrected chi connectivity index (χ3v) is 16.2. The Kier molecular flexibility index (Phi) is 26.6. The molecule has 0 amide bonds. The van der Waals surface area contributed by atoms with Crippen molar-refractivity contribution in [2.75, 3.05) is 37.0 Å². The third-order valence-electron chi connectivity index (χ3n) is 9.44. The fourth-order valence-corrected chi connectivity index (χ4v) is 12.9. The Morgan fingerprint density at radius 2 is 1.02 bits per heavy atom. The molecule has 0 spiro atoms. The van der Waals surface area contributed by atoms with Crippen LogP contribution in [0.1, 0.15) is 136 Å². The number of ketones is 1. The van der Waals surface area contributed by atoms with Gasteiger partial charge in [-0.3, -0.25) is 9.59 Å². The van der Waals surface area contributed by atoms with Crippen molar-refractivity contribution in [3.05, 3.63) is 52.3 Å². The van der Waals surface area contributed by atoms with Crippen LogP contribution in [0.15, 0.2) is 41.2 Å². The number of halogens is 3. The number of benzene rings is 2. The Hall–Kier alpha value is -0.786. The molecule has 3 rings (SSSR count). The Morgan fingerprint density at radius 3 is 1.36 bits per heavy atom. The zero-order chi connectivity index (χ0) is 39.4. The summed E-state index contributed by atoms with van der Waals surface area (Å²) in [5.74, 6) is -3.28. The van der Waals surface area contributed by atoms with E-state index < -0.39 is 43.1 Å². The van der Waals surface area contributed by atoms with E-state index in [0.29, 0.717) is 10.9 Å². The molecule has 0 bridgehead atoms. The minimum Gasteiger partial charge on any atom is -0.506 e. The van der Waals surface area contributed by atoms with Crippen molar-refractivity contribution in [2.45, 2.75) is 138 Å². The van der Waals surface area contributed by atoms with Gasteiger partial charge in [0.05, 0.1) is 19.8 Å². The first-order chi connectivity index (χ1) is 24.6. The molecule has 6 nitrogen and oxygen atoms in total. The number of unbranched alkanes of at least 4 members (excludes halogenated alkanes) is 6. The van der Waals surface area contributed by atoms with Gasteiger partial charge < -0.3 is 18.8 Å². The second kappa shape index (κ2) is 27.0. The van der Waals surface area contributed by atoms with E-state index in [1.54, 1.807) is 37.3 Å². The summed E-state index contributed by atoms with van der Waals surface area (Å²) in [6.07, 6.45) is 14.8. The van der Waals surface area contributed by atoms with Gasteiger partial charge in [0.15, 0.2) is 0 Å². The van der Waals surface area contributed by atoms with Crippen LogP contribution in [0.25, 0.3) is 21.7 Å². The molecule has 0 unspecified atom stereocenters. The normalized spacial score (nSPS) is 11.7. The van der Waals surface area contributed by atoms with E-state index in [1.807, 2.05) is 0 Å². The molecular weight excluding hydrogens is 857 g/mol. The van der Waals surface area contributed by atoms with E-state index in [-0.39, 0.29) is 61.3 Å². The molecule has 2 aromatic carbocycles. The summed E-state index contributed by atoms with van der Waals surface area (Å²) in [6, 6.07) is 10.0. The number of hydrogen-bond donors (Lipinski definition) is 1. The number of alkyl halides is 3. The molecule has 0 saturated heterocycles. The van der Waals surface area contributed by atoms with E-state index in [9.17, 15) is 37.0 Å². The van der Waals surface area contributed by atoms with Crippen LogP contribution in [-0.4, -0.2) is 58.6 Å². The molecule has 303 valence electrons. The minimum atomic E-state index is -5.24. The van der Waals surface area contributed by atoms with Crippen molar-refractivity contribution in [2.24, 2.45) is 0 Å². The Bertz CT molecular complexity index is 1580. The third kappa shape index (κ3) is 17.1. The van der Waals surface area contributed by atoms with Crippen LogP contribution in [0.5, 0.6) is 5.75 Å². The number of pyridine rings is 1. The standard InChI is InChI=1S/C17H12F3NO3.2C12H27OP.Eu/c1-2-21-13-10-6-4-3-5-9(10)7-8-11(13)14(22)12(16(21)24)15(23)17(18,19)20;2*1-4-7-10-14(13,11-8-5-2)12-9-6-3;/h3-8,22H,2H2,1H3;2*4-12H2,1-3H3;. The zero-order valence-corrected chi connectivity index (χ0v) is 37.5. The number of aromatic hydroxyl groups is 1. The average molecular weight is 924 g/mol. The van der Waals surface area contributed by atoms with Crippen LogP contribution >= 0.6 is 14.3 Å². The van der Waals surface area contributed by atoms with Gasteiger partial charge in [-0.25, -0.2) is 0 Å².